The van der Waals surface area contributed by atoms with Gasteiger partial charge in [-0.2, -0.15) is 9.99 Å². The smallest absolute Gasteiger partial charge is 0.326 e. The molecule has 3 heterocycles. The maximum absolute atomic E-state index is 12.4. The topological polar surface area (TPSA) is 130 Å². The molecule has 0 unspecified atom stereocenters. The fourth-order valence-electron chi connectivity index (χ4n) is 4.06. The fraction of sp³-hybridized carbons (Fsp3) is 0.308. The molecule has 5 rings (SSSR count). The maximum Gasteiger partial charge on any atom is 0.335 e. The number of para-hydroxylation sites is 1. The lowest BCUT2D eigenvalue weighted by Crippen LogP contribution is -2.41. The summed E-state index contributed by atoms with van der Waals surface area (Å²) in [6.07, 6.45) is 1.70. The summed E-state index contributed by atoms with van der Waals surface area (Å²) in [5.74, 6) is 0.672. The van der Waals surface area contributed by atoms with Crippen LogP contribution in [-0.2, 0) is 0 Å². The number of benzene rings is 2. The number of nitrogens with one attached hydrogen (secondary N) is 2. The van der Waals surface area contributed by atoms with Gasteiger partial charge in [0.2, 0.25) is 17.1 Å². The van der Waals surface area contributed by atoms with Gasteiger partial charge >= 0.3 is 5.91 Å². The van der Waals surface area contributed by atoms with E-state index in [1.54, 1.807) is 30.5 Å². The van der Waals surface area contributed by atoms with Crippen molar-refractivity contribution in [3.05, 3.63) is 66.4 Å². The molecule has 4 aromatic rings. The van der Waals surface area contributed by atoms with E-state index in [2.05, 4.69) is 56.7 Å². The highest BCUT2D eigenvalue weighted by Crippen LogP contribution is 2.26. The third kappa shape index (κ3) is 5.83. The maximum atomic E-state index is 12.4. The minimum absolute atomic E-state index is 0.122. The normalized spacial score (nSPS) is 13.8. The quantitative estimate of drug-likeness (QED) is 0.279. The second-order valence-electron chi connectivity index (χ2n) is 9.34. The van der Waals surface area contributed by atoms with Gasteiger partial charge in [-0.3, -0.25) is 14.3 Å². The van der Waals surface area contributed by atoms with Crippen LogP contribution in [0.4, 0.5) is 23.3 Å². The Kier molecular flexibility index (Phi) is 7.34. The highest BCUT2D eigenvalue weighted by atomic mass is 16.1. The van der Waals surface area contributed by atoms with E-state index >= 15 is 0 Å². The molecule has 0 spiro atoms. The number of imidazole rings is 1. The highest BCUT2D eigenvalue weighted by Gasteiger charge is 2.19. The van der Waals surface area contributed by atoms with Crippen molar-refractivity contribution in [3.63, 3.8) is 0 Å². The molecule has 12 heteroatoms. The van der Waals surface area contributed by atoms with Crippen molar-refractivity contribution >= 4 is 40.3 Å². The third-order valence-electron chi connectivity index (χ3n) is 6.15. The van der Waals surface area contributed by atoms with Gasteiger partial charge in [-0.25, -0.2) is 9.97 Å². The second-order valence-corrected chi connectivity index (χ2v) is 9.34. The van der Waals surface area contributed by atoms with Crippen LogP contribution in [0.3, 0.4) is 0 Å². The zero-order valence-electron chi connectivity index (χ0n) is 21.6. The van der Waals surface area contributed by atoms with E-state index in [1.165, 1.54) is 0 Å². The number of anilines is 4. The average molecular weight is 513 g/mol. The molecule has 0 radical (unpaired) electrons. The first kappa shape index (κ1) is 25.0. The minimum atomic E-state index is -0.452. The molecule has 38 heavy (non-hydrogen) atoms. The van der Waals surface area contributed by atoms with Gasteiger partial charge in [-0.15, -0.1) is 0 Å². The molecule has 0 atom stereocenters. The number of piperazine rings is 1. The molecule has 12 nitrogen and oxygen atoms in total. The lowest BCUT2D eigenvalue weighted by atomic mass is 10.2. The number of aromatic nitrogens is 4. The summed E-state index contributed by atoms with van der Waals surface area (Å²) in [7, 11) is 2.06. The first-order valence-corrected chi connectivity index (χ1v) is 12.5. The minimum Gasteiger partial charge on any atom is -0.326 e. The molecule has 2 aromatic heterocycles. The largest absolute Gasteiger partial charge is 0.335 e. The van der Waals surface area contributed by atoms with Crippen LogP contribution in [0.1, 0.15) is 30.2 Å². The van der Waals surface area contributed by atoms with E-state index in [1.807, 2.05) is 39.9 Å². The summed E-state index contributed by atoms with van der Waals surface area (Å²) in [5.41, 5.74) is 3.50. The van der Waals surface area contributed by atoms with E-state index in [0.717, 1.165) is 37.6 Å². The lowest BCUT2D eigenvalue weighted by molar-refractivity contribution is 0.0987. The van der Waals surface area contributed by atoms with E-state index < -0.39 is 5.91 Å². The Morgan fingerprint density at radius 3 is 2.37 bits per heavy atom. The number of likely N-dealkylation sites (N-methyl/N-ethyl adjacent to an activating group) is 1. The van der Waals surface area contributed by atoms with E-state index in [4.69, 9.17) is 9.97 Å². The van der Waals surface area contributed by atoms with Crippen LogP contribution in [0.2, 0.25) is 0 Å². The molecule has 0 saturated carbocycles. The van der Waals surface area contributed by atoms with Crippen molar-refractivity contribution in [1.82, 2.24) is 34.3 Å². The van der Waals surface area contributed by atoms with E-state index in [0.29, 0.717) is 28.6 Å². The van der Waals surface area contributed by atoms with Gasteiger partial charge in [0.1, 0.15) is 18.6 Å². The number of hydrogen-bond acceptors (Lipinski definition) is 8. The molecule has 194 valence electrons. The molecular formula is C26H30N11O+. The van der Waals surface area contributed by atoms with Gasteiger partial charge in [-0.1, -0.05) is 18.2 Å². The molecular weight excluding hydrogens is 482 g/mol. The summed E-state index contributed by atoms with van der Waals surface area (Å²) in [6.45, 7) is 7.50. The fourth-order valence-corrected chi connectivity index (χ4v) is 4.06. The Morgan fingerprint density at radius 2 is 1.66 bits per heavy atom. The van der Waals surface area contributed by atoms with E-state index in [-0.39, 0.29) is 6.04 Å². The molecule has 2 aromatic carbocycles. The van der Waals surface area contributed by atoms with Crippen LogP contribution in [0.15, 0.2) is 71.1 Å². The van der Waals surface area contributed by atoms with Crippen LogP contribution < -0.4 is 15.5 Å². The molecule has 0 bridgehead atoms. The summed E-state index contributed by atoms with van der Waals surface area (Å²) in [6, 6.07) is 16.9. The number of nitrogens with zero attached hydrogens (tertiary/aromatic N) is 9. The van der Waals surface area contributed by atoms with Crippen molar-refractivity contribution < 1.29 is 4.79 Å². The van der Waals surface area contributed by atoms with Crippen LogP contribution in [0, 0.1) is 0 Å². The molecule has 0 aliphatic carbocycles. The molecule has 1 fully saturated rings. The van der Waals surface area contributed by atoms with Crippen molar-refractivity contribution in [1.29, 1.82) is 0 Å². The number of amides is 1. The second kappa shape index (κ2) is 11.2. The predicted molar refractivity (Wildman–Crippen MR) is 146 cm³/mol. The zero-order chi connectivity index (χ0) is 26.5. The standard InChI is InChI=1S/C26H29N11O/c1-18(2)37-23-22(30-26(37)29-20-7-5-4-6-8-20)17-27-25(31-23)28-21-11-9-19(10-12-21)24(38)32-33-34-36-15-13-35(3)14-16-36/h4-12,17-18H,13-16H2,1-3H3,(H,32,34,38)/p+1. The van der Waals surface area contributed by atoms with Crippen LogP contribution >= 0.6 is 0 Å². The number of fused-ring (bicyclic) bond motifs is 1. The SMILES string of the molecule is CC(C)n1c(Nc2ccccc2)nc2cnc(Nc3ccc(C(=O)N=[N+]=NN4CCN(C)CC4)cc3)nc21. The zero-order valence-corrected chi connectivity index (χ0v) is 21.6. The Hall–Kier alpha value is -4.67. The first-order valence-electron chi connectivity index (χ1n) is 12.5. The number of carbonyl (C=O) groups is 1. The summed E-state index contributed by atoms with van der Waals surface area (Å²) in [5, 5.41) is 16.1. The Morgan fingerprint density at radius 1 is 0.947 bits per heavy atom. The monoisotopic (exact) mass is 512 g/mol. The molecule has 1 saturated heterocycles. The molecule has 1 amide bonds. The van der Waals surface area contributed by atoms with Crippen molar-refractivity contribution in [2.75, 3.05) is 43.9 Å². The number of rotatable bonds is 7. The van der Waals surface area contributed by atoms with E-state index in [9.17, 15) is 4.79 Å². The molecule has 1 aliphatic heterocycles. The average Bonchev–Trinajstić information content (AvgIpc) is 3.28. The summed E-state index contributed by atoms with van der Waals surface area (Å²) >= 11 is 0. The van der Waals surface area contributed by atoms with Gasteiger partial charge in [0.05, 0.1) is 16.2 Å². The van der Waals surface area contributed by atoms with Crippen LogP contribution in [-0.4, -0.2) is 68.6 Å². The van der Waals surface area contributed by atoms with Crippen molar-refractivity contribution in [2.24, 2.45) is 10.3 Å². The van der Waals surface area contributed by atoms with Gasteiger partial charge in [0.15, 0.2) is 5.65 Å². The summed E-state index contributed by atoms with van der Waals surface area (Å²) in [4.78, 5) is 32.2. The Bertz CT molecular complexity index is 1470. The van der Waals surface area contributed by atoms with Crippen LogP contribution in [0.5, 0.6) is 0 Å². The first-order chi connectivity index (χ1) is 18.5. The predicted octanol–water partition coefficient (Wildman–Crippen LogP) is 4.17. The Balaban J connectivity index is 1.29. The molecule has 1 aliphatic rings. The lowest BCUT2D eigenvalue weighted by Gasteiger charge is -2.22. The van der Waals surface area contributed by atoms with Gasteiger partial charge in [0.25, 0.3) is 0 Å². The van der Waals surface area contributed by atoms with Crippen molar-refractivity contribution in [3.8, 4) is 0 Å². The van der Waals surface area contributed by atoms with Crippen LogP contribution in [0.25, 0.3) is 11.2 Å². The van der Waals surface area contributed by atoms with Gasteiger partial charge in [-0.05, 0) is 57.3 Å². The van der Waals surface area contributed by atoms with Gasteiger partial charge < -0.3 is 10.6 Å². The number of hydrogen-bond donors (Lipinski definition) is 2. The third-order valence-corrected chi connectivity index (χ3v) is 6.15. The summed E-state index contributed by atoms with van der Waals surface area (Å²) < 4.78 is 2.04. The van der Waals surface area contributed by atoms with Crippen molar-refractivity contribution in [2.45, 2.75) is 19.9 Å². The molecule has 2 N–H and O–H groups in total. The van der Waals surface area contributed by atoms with Gasteiger partial charge in [0, 0.05) is 36.1 Å². The number of carbonyl (C=O) groups excluding carboxylic acids is 1. The highest BCUT2D eigenvalue weighted by molar-refractivity contribution is 5.94. The Labute approximate surface area is 220 Å².